The molecule has 134 valence electrons. The Hall–Kier alpha value is -3.43. The van der Waals surface area contributed by atoms with Crippen molar-refractivity contribution in [1.29, 1.82) is 5.26 Å². The minimum atomic E-state index is -0.514. The van der Waals surface area contributed by atoms with E-state index in [4.69, 9.17) is 17.3 Å². The van der Waals surface area contributed by atoms with Gasteiger partial charge in [-0.05, 0) is 37.6 Å². The molecular formula is C20H15ClN4O2. The summed E-state index contributed by atoms with van der Waals surface area (Å²) in [7, 11) is 0. The standard InChI is InChI=1S/C20H15ClN4O2/c1-11-3-5-14(12(2)7-11)18-9-15(17(10-22)20(23)24-18)16-8-13(21)4-6-19(16)25(26)27/h3-9H,1-2H3,(H2,23,24). The van der Waals surface area contributed by atoms with Gasteiger partial charge in [0.05, 0.1) is 16.2 Å². The fourth-order valence-corrected chi connectivity index (χ4v) is 3.19. The number of benzene rings is 2. The summed E-state index contributed by atoms with van der Waals surface area (Å²) in [5.41, 5.74) is 9.94. The molecular weight excluding hydrogens is 364 g/mol. The number of anilines is 1. The first-order chi connectivity index (χ1) is 12.8. The summed E-state index contributed by atoms with van der Waals surface area (Å²) >= 11 is 6.05. The van der Waals surface area contributed by atoms with E-state index < -0.39 is 4.92 Å². The van der Waals surface area contributed by atoms with Gasteiger partial charge in [0.2, 0.25) is 0 Å². The number of nitro benzene ring substituents is 1. The first-order valence-electron chi connectivity index (χ1n) is 8.04. The van der Waals surface area contributed by atoms with Crippen LogP contribution in [0.15, 0.2) is 42.5 Å². The van der Waals surface area contributed by atoms with Gasteiger partial charge in [0.15, 0.2) is 0 Å². The molecule has 0 spiro atoms. The molecule has 0 fully saturated rings. The van der Waals surface area contributed by atoms with E-state index in [1.54, 1.807) is 6.07 Å². The average molecular weight is 379 g/mol. The normalized spacial score (nSPS) is 10.4. The molecule has 0 unspecified atom stereocenters. The number of nitro groups is 1. The molecule has 0 radical (unpaired) electrons. The van der Waals surface area contributed by atoms with Gasteiger partial charge < -0.3 is 5.73 Å². The third-order valence-electron chi connectivity index (χ3n) is 4.26. The minimum Gasteiger partial charge on any atom is -0.383 e. The molecule has 3 rings (SSSR count). The summed E-state index contributed by atoms with van der Waals surface area (Å²) in [4.78, 5) is 15.3. The topological polar surface area (TPSA) is 106 Å². The Morgan fingerprint density at radius 2 is 1.85 bits per heavy atom. The Labute approximate surface area is 161 Å². The Balaban J connectivity index is 2.34. The molecule has 0 aliphatic heterocycles. The minimum absolute atomic E-state index is 0.0132. The van der Waals surface area contributed by atoms with Crippen LogP contribution >= 0.6 is 11.6 Å². The van der Waals surface area contributed by atoms with E-state index >= 15 is 0 Å². The van der Waals surface area contributed by atoms with Crippen molar-refractivity contribution in [2.75, 3.05) is 5.73 Å². The predicted molar refractivity (Wildman–Crippen MR) is 105 cm³/mol. The van der Waals surface area contributed by atoms with Crippen LogP contribution < -0.4 is 5.73 Å². The molecule has 0 aliphatic rings. The second-order valence-electron chi connectivity index (χ2n) is 6.16. The molecule has 2 aromatic carbocycles. The summed E-state index contributed by atoms with van der Waals surface area (Å²) in [6, 6.07) is 13.7. The lowest BCUT2D eigenvalue weighted by atomic mass is 9.95. The number of rotatable bonds is 3. The van der Waals surface area contributed by atoms with E-state index in [0.717, 1.165) is 16.7 Å². The van der Waals surface area contributed by atoms with Crippen LogP contribution in [0.5, 0.6) is 0 Å². The molecule has 27 heavy (non-hydrogen) atoms. The van der Waals surface area contributed by atoms with Crippen molar-refractivity contribution in [1.82, 2.24) is 4.98 Å². The highest BCUT2D eigenvalue weighted by Gasteiger charge is 2.22. The second-order valence-corrected chi connectivity index (χ2v) is 6.60. The Morgan fingerprint density at radius 3 is 2.48 bits per heavy atom. The maximum atomic E-state index is 11.5. The lowest BCUT2D eigenvalue weighted by Crippen LogP contribution is -2.02. The van der Waals surface area contributed by atoms with Crippen LogP contribution in [0.3, 0.4) is 0 Å². The number of aryl methyl sites for hydroxylation is 2. The molecule has 3 aromatic rings. The van der Waals surface area contributed by atoms with Crippen LogP contribution in [-0.4, -0.2) is 9.91 Å². The highest BCUT2D eigenvalue weighted by Crippen LogP contribution is 2.38. The lowest BCUT2D eigenvalue weighted by molar-refractivity contribution is -0.384. The number of hydrogen-bond donors (Lipinski definition) is 1. The fraction of sp³-hybridized carbons (Fsp3) is 0.100. The smallest absolute Gasteiger partial charge is 0.277 e. The molecule has 1 heterocycles. The third-order valence-corrected chi connectivity index (χ3v) is 4.50. The first-order valence-corrected chi connectivity index (χ1v) is 8.42. The number of nitrogen functional groups attached to an aromatic ring is 1. The first kappa shape index (κ1) is 18.4. The molecule has 7 heteroatoms. The van der Waals surface area contributed by atoms with Crippen LogP contribution in [0.25, 0.3) is 22.4 Å². The maximum Gasteiger partial charge on any atom is 0.277 e. The number of nitrogens with two attached hydrogens (primary N) is 1. The third kappa shape index (κ3) is 3.46. The summed E-state index contributed by atoms with van der Waals surface area (Å²) in [5, 5.41) is 21.3. The lowest BCUT2D eigenvalue weighted by Gasteiger charge is -2.12. The zero-order chi connectivity index (χ0) is 19.7. The zero-order valence-corrected chi connectivity index (χ0v) is 15.4. The van der Waals surface area contributed by atoms with Gasteiger partial charge in [0.1, 0.15) is 17.5 Å². The molecule has 2 N–H and O–H groups in total. The van der Waals surface area contributed by atoms with Crippen LogP contribution in [0, 0.1) is 35.3 Å². The molecule has 1 aromatic heterocycles. The van der Waals surface area contributed by atoms with Crippen LogP contribution in [0.2, 0.25) is 5.02 Å². The van der Waals surface area contributed by atoms with E-state index in [2.05, 4.69) is 4.98 Å². The van der Waals surface area contributed by atoms with Crippen molar-refractivity contribution in [3.63, 3.8) is 0 Å². The van der Waals surface area contributed by atoms with Crippen molar-refractivity contribution in [2.45, 2.75) is 13.8 Å². The largest absolute Gasteiger partial charge is 0.383 e. The van der Waals surface area contributed by atoms with Crippen molar-refractivity contribution in [3.05, 3.63) is 74.3 Å². The Morgan fingerprint density at radius 1 is 1.11 bits per heavy atom. The van der Waals surface area contributed by atoms with Crippen molar-refractivity contribution >= 4 is 23.1 Å². The van der Waals surface area contributed by atoms with Crippen LogP contribution in [-0.2, 0) is 0 Å². The highest BCUT2D eigenvalue weighted by atomic mass is 35.5. The number of halogens is 1. The molecule has 0 saturated heterocycles. The number of aromatic nitrogens is 1. The molecule has 0 bridgehead atoms. The summed E-state index contributed by atoms with van der Waals surface area (Å²) in [6.45, 7) is 3.93. The number of pyridine rings is 1. The predicted octanol–water partition coefficient (Wildman–Crippen LogP) is 5.05. The van der Waals surface area contributed by atoms with Gasteiger partial charge in [0, 0.05) is 22.2 Å². The highest BCUT2D eigenvalue weighted by molar-refractivity contribution is 6.31. The van der Waals surface area contributed by atoms with E-state index in [0.29, 0.717) is 16.3 Å². The number of hydrogen-bond acceptors (Lipinski definition) is 5. The van der Waals surface area contributed by atoms with Crippen molar-refractivity contribution < 1.29 is 4.92 Å². The second kappa shape index (κ2) is 7.06. The number of nitriles is 1. The van der Waals surface area contributed by atoms with Gasteiger partial charge in [-0.15, -0.1) is 0 Å². The summed E-state index contributed by atoms with van der Waals surface area (Å²) in [6.07, 6.45) is 0. The quantitative estimate of drug-likeness (QED) is 0.507. The zero-order valence-electron chi connectivity index (χ0n) is 14.7. The monoisotopic (exact) mass is 378 g/mol. The van der Waals surface area contributed by atoms with Crippen LogP contribution in [0.1, 0.15) is 16.7 Å². The van der Waals surface area contributed by atoms with Gasteiger partial charge in [-0.2, -0.15) is 5.26 Å². The Bertz CT molecular complexity index is 1120. The van der Waals surface area contributed by atoms with Gasteiger partial charge in [-0.1, -0.05) is 35.4 Å². The molecule has 0 atom stereocenters. The molecule has 6 nitrogen and oxygen atoms in total. The molecule has 0 aliphatic carbocycles. The summed E-state index contributed by atoms with van der Waals surface area (Å²) in [5.74, 6) is 0.0132. The van der Waals surface area contributed by atoms with E-state index in [9.17, 15) is 15.4 Å². The molecule has 0 saturated carbocycles. The summed E-state index contributed by atoms with van der Waals surface area (Å²) < 4.78 is 0. The van der Waals surface area contributed by atoms with Crippen LogP contribution in [0.4, 0.5) is 11.5 Å². The van der Waals surface area contributed by atoms with Gasteiger partial charge in [0.25, 0.3) is 5.69 Å². The SMILES string of the molecule is Cc1ccc(-c2cc(-c3cc(Cl)ccc3[N+](=O)[O-])c(C#N)c(N)n2)c(C)c1. The fourth-order valence-electron chi connectivity index (χ4n) is 3.02. The molecule has 0 amide bonds. The van der Waals surface area contributed by atoms with E-state index in [1.165, 1.54) is 18.2 Å². The van der Waals surface area contributed by atoms with E-state index in [-0.39, 0.29) is 22.6 Å². The van der Waals surface area contributed by atoms with Crippen molar-refractivity contribution in [3.8, 4) is 28.5 Å². The van der Waals surface area contributed by atoms with Gasteiger partial charge in [-0.3, -0.25) is 10.1 Å². The van der Waals surface area contributed by atoms with Gasteiger partial charge >= 0.3 is 0 Å². The van der Waals surface area contributed by atoms with E-state index in [1.807, 2.05) is 38.1 Å². The average Bonchev–Trinajstić information content (AvgIpc) is 2.60. The van der Waals surface area contributed by atoms with Crippen molar-refractivity contribution in [2.24, 2.45) is 0 Å². The van der Waals surface area contributed by atoms with Gasteiger partial charge in [-0.25, -0.2) is 4.98 Å². The number of nitrogens with zero attached hydrogens (tertiary/aromatic N) is 3. The Kier molecular flexibility index (Phi) is 4.80. The maximum absolute atomic E-state index is 11.5.